The number of nitrogens with one attached hydrogen (secondary N) is 1. The normalized spacial score (nSPS) is 22.3. The average molecular weight is 380 g/mol. The van der Waals surface area contributed by atoms with Gasteiger partial charge in [0.15, 0.2) is 0 Å². The lowest BCUT2D eigenvalue weighted by Crippen LogP contribution is -2.29. The summed E-state index contributed by atoms with van der Waals surface area (Å²) in [6.45, 7) is 2.16. The van der Waals surface area contributed by atoms with E-state index in [0.717, 1.165) is 17.7 Å². The molecular weight excluding hydrogens is 356 g/mol. The number of rotatable bonds is 3. The number of aromatic hydroxyl groups is 1. The van der Waals surface area contributed by atoms with Crippen molar-refractivity contribution in [3.63, 3.8) is 0 Å². The second-order valence-corrected chi connectivity index (χ2v) is 8.01. The SMILES string of the molecule is Cc1ccc2c(c1)[C@@H]1C=CC[C@H]1[C@@H](c1ccc(N=Cc3ccc(O)cc3)cc1)N2. The van der Waals surface area contributed by atoms with Gasteiger partial charge in [-0.15, -0.1) is 0 Å². The van der Waals surface area contributed by atoms with Crippen LogP contribution in [0.15, 0.2) is 83.9 Å². The van der Waals surface area contributed by atoms with Crippen LogP contribution >= 0.6 is 0 Å². The van der Waals surface area contributed by atoms with Gasteiger partial charge in [0.25, 0.3) is 0 Å². The summed E-state index contributed by atoms with van der Waals surface area (Å²) in [5.41, 5.74) is 7.19. The molecule has 1 heterocycles. The first kappa shape index (κ1) is 17.7. The molecule has 3 heteroatoms. The van der Waals surface area contributed by atoms with Crippen LogP contribution in [0.2, 0.25) is 0 Å². The predicted molar refractivity (Wildman–Crippen MR) is 119 cm³/mol. The summed E-state index contributed by atoms with van der Waals surface area (Å²) in [6, 6.07) is 22.6. The third-order valence-electron chi connectivity index (χ3n) is 6.03. The third-order valence-corrected chi connectivity index (χ3v) is 6.03. The van der Waals surface area contributed by atoms with E-state index in [4.69, 9.17) is 0 Å². The van der Waals surface area contributed by atoms with Crippen molar-refractivity contribution in [1.82, 2.24) is 0 Å². The molecule has 1 aliphatic heterocycles. The van der Waals surface area contributed by atoms with E-state index in [9.17, 15) is 5.11 Å². The molecule has 5 rings (SSSR count). The molecule has 0 amide bonds. The number of phenolic OH excluding ortho intramolecular Hbond substituents is 1. The highest BCUT2D eigenvalue weighted by Crippen LogP contribution is 2.49. The van der Waals surface area contributed by atoms with Crippen LogP contribution < -0.4 is 5.32 Å². The topological polar surface area (TPSA) is 44.6 Å². The van der Waals surface area contributed by atoms with Crippen molar-refractivity contribution in [2.24, 2.45) is 10.9 Å². The molecule has 1 aliphatic carbocycles. The van der Waals surface area contributed by atoms with Gasteiger partial charge in [0.1, 0.15) is 5.75 Å². The maximum Gasteiger partial charge on any atom is 0.115 e. The van der Waals surface area contributed by atoms with Crippen molar-refractivity contribution >= 4 is 17.6 Å². The van der Waals surface area contributed by atoms with Crippen molar-refractivity contribution in [3.8, 4) is 5.75 Å². The summed E-state index contributed by atoms with van der Waals surface area (Å²) in [5, 5.41) is 13.2. The lowest BCUT2D eigenvalue weighted by molar-refractivity contribution is 0.425. The summed E-state index contributed by atoms with van der Waals surface area (Å²) in [4.78, 5) is 4.57. The van der Waals surface area contributed by atoms with Gasteiger partial charge < -0.3 is 10.4 Å². The largest absolute Gasteiger partial charge is 0.508 e. The fraction of sp³-hybridized carbons (Fsp3) is 0.192. The molecule has 3 atom stereocenters. The van der Waals surface area contributed by atoms with Crippen LogP contribution in [0, 0.1) is 12.8 Å². The predicted octanol–water partition coefficient (Wildman–Crippen LogP) is 6.28. The van der Waals surface area contributed by atoms with Crippen molar-refractivity contribution < 1.29 is 5.11 Å². The Morgan fingerprint density at radius 3 is 2.59 bits per heavy atom. The van der Waals surface area contributed by atoms with E-state index < -0.39 is 0 Å². The Kier molecular flexibility index (Phi) is 4.44. The molecule has 2 N–H and O–H groups in total. The van der Waals surface area contributed by atoms with Gasteiger partial charge in [-0.25, -0.2) is 0 Å². The first-order valence-corrected chi connectivity index (χ1v) is 10.1. The smallest absolute Gasteiger partial charge is 0.115 e. The number of hydrogen-bond acceptors (Lipinski definition) is 3. The Morgan fingerprint density at radius 2 is 1.79 bits per heavy atom. The highest BCUT2D eigenvalue weighted by Gasteiger charge is 2.37. The van der Waals surface area contributed by atoms with E-state index in [-0.39, 0.29) is 5.75 Å². The van der Waals surface area contributed by atoms with Crippen LogP contribution in [0.3, 0.4) is 0 Å². The Morgan fingerprint density at radius 1 is 1.00 bits per heavy atom. The summed E-state index contributed by atoms with van der Waals surface area (Å²) in [5.74, 6) is 1.31. The van der Waals surface area contributed by atoms with Crippen LogP contribution in [0.4, 0.5) is 11.4 Å². The standard InChI is InChI=1S/C26H24N2O/c1-17-5-14-25-24(15-17)22-3-2-4-23(22)26(28-25)19-8-10-20(11-9-19)27-16-18-6-12-21(29)13-7-18/h2-3,5-16,22-23,26,28-29H,4H2,1H3/t22-,23-,26-/m1/s1. The molecule has 0 radical (unpaired) electrons. The molecular formula is C26H24N2O. The number of anilines is 1. The number of phenols is 1. The van der Waals surface area contributed by atoms with Crippen LogP contribution in [0.1, 0.15) is 40.6 Å². The molecule has 0 saturated heterocycles. The van der Waals surface area contributed by atoms with Crippen LogP contribution in [0.5, 0.6) is 5.75 Å². The fourth-order valence-electron chi connectivity index (χ4n) is 4.52. The average Bonchev–Trinajstić information content (AvgIpc) is 3.24. The molecule has 144 valence electrons. The van der Waals surface area contributed by atoms with Crippen molar-refractivity contribution in [2.75, 3.05) is 5.32 Å². The molecule has 3 nitrogen and oxygen atoms in total. The second-order valence-electron chi connectivity index (χ2n) is 8.01. The maximum absolute atomic E-state index is 9.38. The zero-order valence-corrected chi connectivity index (χ0v) is 16.4. The first-order valence-electron chi connectivity index (χ1n) is 10.1. The van der Waals surface area contributed by atoms with Gasteiger partial charge in [-0.05, 0) is 78.4 Å². The van der Waals surface area contributed by atoms with E-state index in [2.05, 4.69) is 71.8 Å². The van der Waals surface area contributed by atoms with Crippen LogP contribution in [-0.2, 0) is 0 Å². The second kappa shape index (κ2) is 7.25. The monoisotopic (exact) mass is 380 g/mol. The number of benzene rings is 3. The van der Waals surface area contributed by atoms with Gasteiger partial charge in [0, 0.05) is 17.8 Å². The highest BCUT2D eigenvalue weighted by molar-refractivity contribution is 5.82. The third kappa shape index (κ3) is 3.44. The van der Waals surface area contributed by atoms with Gasteiger partial charge >= 0.3 is 0 Å². The van der Waals surface area contributed by atoms with Gasteiger partial charge in [0.2, 0.25) is 0 Å². The zero-order valence-electron chi connectivity index (χ0n) is 16.4. The number of hydrogen-bond donors (Lipinski definition) is 2. The molecule has 29 heavy (non-hydrogen) atoms. The van der Waals surface area contributed by atoms with E-state index in [1.807, 2.05) is 18.3 Å². The Labute approximate surface area is 171 Å². The molecule has 0 unspecified atom stereocenters. The molecule has 0 bridgehead atoms. The summed E-state index contributed by atoms with van der Waals surface area (Å²) in [7, 11) is 0. The lowest BCUT2D eigenvalue weighted by atomic mass is 9.76. The zero-order chi connectivity index (χ0) is 19.8. The molecule has 0 fully saturated rings. The van der Waals surface area contributed by atoms with Crippen molar-refractivity contribution in [1.29, 1.82) is 0 Å². The number of allylic oxidation sites excluding steroid dienone is 2. The lowest BCUT2D eigenvalue weighted by Gasteiger charge is -2.37. The minimum atomic E-state index is 0.267. The Balaban J connectivity index is 1.38. The first-order chi connectivity index (χ1) is 14.2. The van der Waals surface area contributed by atoms with Gasteiger partial charge in [-0.2, -0.15) is 0 Å². The van der Waals surface area contributed by atoms with E-state index in [1.165, 1.54) is 22.4 Å². The summed E-state index contributed by atoms with van der Waals surface area (Å²) < 4.78 is 0. The van der Waals surface area contributed by atoms with Gasteiger partial charge in [-0.1, -0.05) is 42.0 Å². The Bertz CT molecular complexity index is 1080. The molecule has 0 spiro atoms. The number of aliphatic imine (C=N–C) groups is 1. The molecule has 0 saturated carbocycles. The van der Waals surface area contributed by atoms with E-state index in [1.54, 1.807) is 12.1 Å². The molecule has 3 aromatic carbocycles. The highest BCUT2D eigenvalue weighted by atomic mass is 16.3. The molecule has 0 aromatic heterocycles. The number of fused-ring (bicyclic) bond motifs is 3. The maximum atomic E-state index is 9.38. The van der Waals surface area contributed by atoms with Crippen molar-refractivity contribution in [2.45, 2.75) is 25.3 Å². The quantitative estimate of drug-likeness (QED) is 0.415. The van der Waals surface area contributed by atoms with Crippen LogP contribution in [0.25, 0.3) is 0 Å². The fourth-order valence-corrected chi connectivity index (χ4v) is 4.52. The molecule has 2 aliphatic rings. The molecule has 3 aromatic rings. The van der Waals surface area contributed by atoms with E-state index >= 15 is 0 Å². The minimum Gasteiger partial charge on any atom is -0.508 e. The summed E-state index contributed by atoms with van der Waals surface area (Å²) in [6.07, 6.45) is 7.64. The number of aryl methyl sites for hydroxylation is 1. The Hall–Kier alpha value is -3.33. The van der Waals surface area contributed by atoms with Gasteiger partial charge in [0.05, 0.1) is 11.7 Å². The van der Waals surface area contributed by atoms with Crippen molar-refractivity contribution in [3.05, 3.63) is 101 Å². The minimum absolute atomic E-state index is 0.267. The van der Waals surface area contributed by atoms with E-state index in [0.29, 0.717) is 17.9 Å². The summed E-state index contributed by atoms with van der Waals surface area (Å²) >= 11 is 0. The number of nitrogens with zero attached hydrogens (tertiary/aromatic N) is 1. The van der Waals surface area contributed by atoms with Crippen LogP contribution in [-0.4, -0.2) is 11.3 Å². The van der Waals surface area contributed by atoms with Gasteiger partial charge in [-0.3, -0.25) is 4.99 Å².